The molecule has 2 aromatic carbocycles. The van der Waals surface area contributed by atoms with Crippen LogP contribution in [0.25, 0.3) is 33.5 Å². The molecule has 1 fully saturated rings. The first-order valence-corrected chi connectivity index (χ1v) is 12.2. The number of carbonyl (C=O) groups excluding carboxylic acids is 1. The number of rotatable bonds is 6. The smallest absolute Gasteiger partial charge is 0.196 e. The van der Waals surface area contributed by atoms with Gasteiger partial charge in [0, 0.05) is 47.7 Å². The van der Waals surface area contributed by atoms with E-state index in [1.165, 1.54) is 36.4 Å². The van der Waals surface area contributed by atoms with Crippen LogP contribution in [0.4, 0.5) is 19.0 Å². The largest absolute Gasteiger partial charge is 0.356 e. The molecule has 0 spiro atoms. The first kappa shape index (κ1) is 23.7. The van der Waals surface area contributed by atoms with Crippen molar-refractivity contribution in [2.75, 3.05) is 18.0 Å². The summed E-state index contributed by atoms with van der Waals surface area (Å²) in [5.74, 6) is -1.93. The molecule has 4 nitrogen and oxygen atoms in total. The van der Waals surface area contributed by atoms with Crippen molar-refractivity contribution in [2.24, 2.45) is 0 Å². The lowest BCUT2D eigenvalue weighted by Crippen LogP contribution is -2.38. The van der Waals surface area contributed by atoms with Crippen molar-refractivity contribution in [3.63, 3.8) is 0 Å². The Morgan fingerprint density at radius 2 is 1.66 bits per heavy atom. The van der Waals surface area contributed by atoms with E-state index < -0.39 is 17.5 Å². The Hall–Kier alpha value is -4.65. The molecule has 0 atom stereocenters. The van der Waals surface area contributed by atoms with Crippen LogP contribution >= 0.6 is 0 Å². The summed E-state index contributed by atoms with van der Waals surface area (Å²) in [4.78, 5) is 20.4. The third-order valence-corrected chi connectivity index (χ3v) is 6.96. The number of fused-ring (bicyclic) bond motifs is 1. The Morgan fingerprint density at radius 3 is 2.39 bits per heavy atom. The molecule has 3 aromatic heterocycles. The topological polar surface area (TPSA) is 37.6 Å². The fourth-order valence-electron chi connectivity index (χ4n) is 4.80. The molecule has 1 aliphatic rings. The van der Waals surface area contributed by atoms with Crippen molar-refractivity contribution < 1.29 is 18.0 Å². The van der Waals surface area contributed by atoms with Gasteiger partial charge in [0.25, 0.3) is 0 Å². The van der Waals surface area contributed by atoms with Crippen LogP contribution in [0, 0.1) is 17.5 Å². The van der Waals surface area contributed by atoms with Crippen molar-refractivity contribution >= 4 is 22.7 Å². The number of benzene rings is 2. The lowest BCUT2D eigenvalue weighted by molar-refractivity contribution is 0.105. The molecule has 4 heterocycles. The molecule has 7 heteroatoms. The highest BCUT2D eigenvalue weighted by Crippen LogP contribution is 2.35. The van der Waals surface area contributed by atoms with E-state index in [0.717, 1.165) is 36.7 Å². The Kier molecular flexibility index (Phi) is 5.83. The molecule has 6 rings (SSSR count). The standard InChI is InChI=1S/C31H22F3N3O/c1-19(20-8-10-22(32)11-9-20)30(38)25-17-21(18-35-31(25)36-14-4-15-36)23-6-3-16-37-27(23)12-13-28(37)24-5-2-7-26(33)29(24)34/h2-3,5-13,16-18H,1,4,14-15H2. The highest BCUT2D eigenvalue weighted by atomic mass is 19.2. The predicted molar refractivity (Wildman–Crippen MR) is 143 cm³/mol. The summed E-state index contributed by atoms with van der Waals surface area (Å²) in [5.41, 5.74) is 4.06. The number of aromatic nitrogens is 2. The minimum atomic E-state index is -0.913. The zero-order chi connectivity index (χ0) is 26.4. The van der Waals surface area contributed by atoms with Crippen LogP contribution in [-0.2, 0) is 0 Å². The van der Waals surface area contributed by atoms with Gasteiger partial charge in [0.2, 0.25) is 0 Å². The molecule has 0 N–H and O–H groups in total. The van der Waals surface area contributed by atoms with Crippen molar-refractivity contribution in [3.05, 3.63) is 120 Å². The summed E-state index contributed by atoms with van der Waals surface area (Å²) in [6, 6.07) is 18.8. The summed E-state index contributed by atoms with van der Waals surface area (Å²) in [6.07, 6.45) is 4.51. The maximum atomic E-state index is 14.6. The Labute approximate surface area is 217 Å². The average Bonchev–Trinajstić information content (AvgIpc) is 3.33. The van der Waals surface area contributed by atoms with Crippen LogP contribution in [0.2, 0.25) is 0 Å². The normalized spacial score (nSPS) is 13.0. The molecule has 0 bridgehead atoms. The molecule has 5 aromatic rings. The van der Waals surface area contributed by atoms with Crippen molar-refractivity contribution in [1.29, 1.82) is 0 Å². The maximum Gasteiger partial charge on any atom is 0.196 e. The molecule has 1 aliphatic heterocycles. The third kappa shape index (κ3) is 3.96. The number of Topliss-reactive ketones (excluding diaryl/α,β-unsaturated/α-hetero) is 1. The summed E-state index contributed by atoms with van der Waals surface area (Å²) in [7, 11) is 0. The van der Waals surface area contributed by atoms with Gasteiger partial charge in [0.1, 0.15) is 11.6 Å². The van der Waals surface area contributed by atoms with Gasteiger partial charge in [-0.1, -0.05) is 30.8 Å². The van der Waals surface area contributed by atoms with E-state index in [1.807, 2.05) is 23.1 Å². The molecule has 0 aliphatic carbocycles. The van der Waals surface area contributed by atoms with E-state index in [9.17, 15) is 18.0 Å². The van der Waals surface area contributed by atoms with Crippen molar-refractivity contribution in [2.45, 2.75) is 6.42 Å². The molecule has 38 heavy (non-hydrogen) atoms. The fourth-order valence-corrected chi connectivity index (χ4v) is 4.80. The van der Waals surface area contributed by atoms with Crippen LogP contribution in [0.3, 0.4) is 0 Å². The molecule has 0 amide bonds. The van der Waals surface area contributed by atoms with Gasteiger partial charge in [0.15, 0.2) is 17.4 Å². The number of allylic oxidation sites excluding steroid dienone is 1. The van der Waals surface area contributed by atoms with E-state index in [4.69, 9.17) is 0 Å². The van der Waals surface area contributed by atoms with Crippen LogP contribution in [0.5, 0.6) is 0 Å². The second-order valence-corrected chi connectivity index (χ2v) is 9.25. The number of nitrogens with zero attached hydrogens (tertiary/aromatic N) is 3. The Bertz CT molecular complexity index is 1720. The van der Waals surface area contributed by atoms with Gasteiger partial charge in [-0.05, 0) is 60.5 Å². The molecular formula is C31H22F3N3O. The summed E-state index contributed by atoms with van der Waals surface area (Å²) < 4.78 is 43.7. The maximum absolute atomic E-state index is 14.6. The van der Waals surface area contributed by atoms with Crippen LogP contribution in [0.1, 0.15) is 22.3 Å². The number of halogens is 3. The second kappa shape index (κ2) is 9.34. The highest BCUT2D eigenvalue weighted by molar-refractivity contribution is 6.30. The summed E-state index contributed by atoms with van der Waals surface area (Å²) in [6.45, 7) is 5.59. The minimum Gasteiger partial charge on any atom is -0.356 e. The number of hydrogen-bond acceptors (Lipinski definition) is 3. The molecule has 0 radical (unpaired) electrons. The van der Waals surface area contributed by atoms with Gasteiger partial charge >= 0.3 is 0 Å². The third-order valence-electron chi connectivity index (χ3n) is 6.96. The number of pyridine rings is 2. The second-order valence-electron chi connectivity index (χ2n) is 9.25. The monoisotopic (exact) mass is 509 g/mol. The highest BCUT2D eigenvalue weighted by Gasteiger charge is 2.25. The average molecular weight is 510 g/mol. The van der Waals surface area contributed by atoms with E-state index >= 15 is 0 Å². The van der Waals surface area contributed by atoms with Gasteiger partial charge < -0.3 is 9.30 Å². The van der Waals surface area contributed by atoms with Gasteiger partial charge in [-0.3, -0.25) is 4.79 Å². The summed E-state index contributed by atoms with van der Waals surface area (Å²) in [5, 5.41) is 0. The lowest BCUT2D eigenvalue weighted by Gasteiger charge is -2.33. The number of hydrogen-bond donors (Lipinski definition) is 0. The van der Waals surface area contributed by atoms with Gasteiger partial charge in [-0.2, -0.15) is 0 Å². The van der Waals surface area contributed by atoms with Crippen LogP contribution in [0.15, 0.2) is 91.8 Å². The van der Waals surface area contributed by atoms with Gasteiger partial charge in [-0.15, -0.1) is 0 Å². The SMILES string of the molecule is C=C(C(=O)c1cc(-c2cccn3c(-c4cccc(F)c4F)ccc23)cnc1N1CCC1)c1ccc(F)cc1. The zero-order valence-corrected chi connectivity index (χ0v) is 20.3. The minimum absolute atomic E-state index is 0.153. The Morgan fingerprint density at radius 1 is 0.895 bits per heavy atom. The molecule has 0 unspecified atom stereocenters. The summed E-state index contributed by atoms with van der Waals surface area (Å²) >= 11 is 0. The lowest BCUT2D eigenvalue weighted by atomic mass is 9.95. The number of ketones is 1. The van der Waals surface area contributed by atoms with Crippen LogP contribution < -0.4 is 4.90 Å². The molecule has 1 saturated heterocycles. The van der Waals surface area contributed by atoms with E-state index in [-0.39, 0.29) is 16.9 Å². The zero-order valence-electron chi connectivity index (χ0n) is 20.3. The van der Waals surface area contributed by atoms with E-state index in [2.05, 4.69) is 11.6 Å². The number of carbonyl (C=O) groups is 1. The molecule has 188 valence electrons. The quantitative estimate of drug-likeness (QED) is 0.180. The van der Waals surface area contributed by atoms with E-state index in [0.29, 0.717) is 28.2 Å². The fraction of sp³-hybridized carbons (Fsp3) is 0.0968. The first-order chi connectivity index (χ1) is 18.4. The molecule has 0 saturated carbocycles. The first-order valence-electron chi connectivity index (χ1n) is 12.2. The number of anilines is 1. The molecular weight excluding hydrogens is 487 g/mol. The predicted octanol–water partition coefficient (Wildman–Crippen LogP) is 7.19. The van der Waals surface area contributed by atoms with Gasteiger partial charge in [-0.25, -0.2) is 18.2 Å². The van der Waals surface area contributed by atoms with Crippen LogP contribution in [-0.4, -0.2) is 28.3 Å². The van der Waals surface area contributed by atoms with Gasteiger partial charge in [0.05, 0.1) is 16.8 Å². The van der Waals surface area contributed by atoms with E-state index in [1.54, 1.807) is 28.9 Å². The van der Waals surface area contributed by atoms with Crippen molar-refractivity contribution in [3.8, 4) is 22.4 Å². The van der Waals surface area contributed by atoms with Crippen molar-refractivity contribution in [1.82, 2.24) is 9.38 Å². The Balaban J connectivity index is 1.46.